The number of aliphatic hydroxyl groups excluding tert-OH is 2. The monoisotopic (exact) mass is 582 g/mol. The maximum absolute atomic E-state index is 13.3. The zero-order valence-electron chi connectivity index (χ0n) is 25.2. The Morgan fingerprint density at radius 2 is 1.93 bits per heavy atom. The van der Waals surface area contributed by atoms with Crippen molar-refractivity contribution in [2.75, 3.05) is 39.3 Å². The van der Waals surface area contributed by atoms with Gasteiger partial charge in [-0.2, -0.15) is 5.06 Å². The average molecular weight is 583 g/mol. The standard InChI is InChI=1S/C32H46N4O6/c1-20(38)28-27(19-37)42-36(29(28)31(33)39)18-22-11-8-12-26(30(22)41-4)23-15-24(17-25(16-23)35(2)3)32(40)34-14-13-21-9-6-5-7-10-21/h8,11-12,15-17,20-21,27-29,37-38H,5-7,9-10,13-14,18-19H2,1-4H3,(H2,33,39)(H,34,40)/t20-,27-,28-,29-/m0/s1. The Kier molecular flexibility index (Phi) is 10.8. The van der Waals surface area contributed by atoms with Crippen molar-refractivity contribution in [1.82, 2.24) is 10.4 Å². The van der Waals surface area contributed by atoms with Crippen molar-refractivity contribution >= 4 is 17.5 Å². The normalized spacial score (nSPS) is 22.1. The van der Waals surface area contributed by atoms with Crippen LogP contribution in [0, 0.1) is 11.8 Å². The average Bonchev–Trinajstić information content (AvgIpc) is 3.36. The van der Waals surface area contributed by atoms with E-state index in [2.05, 4.69) is 5.32 Å². The number of nitrogens with one attached hydrogen (secondary N) is 1. The molecule has 5 N–H and O–H groups in total. The highest BCUT2D eigenvalue weighted by Crippen LogP contribution is 2.38. The SMILES string of the molecule is COc1c(CN2O[C@@H](CO)[C@H]([C@H](C)O)[C@H]2C(N)=O)cccc1-c1cc(C(=O)NCCC2CCCCC2)cc(N(C)C)c1. The summed E-state index contributed by atoms with van der Waals surface area (Å²) in [4.78, 5) is 33.6. The summed E-state index contributed by atoms with van der Waals surface area (Å²) >= 11 is 0. The molecule has 0 bridgehead atoms. The second kappa shape index (κ2) is 14.3. The molecule has 230 valence electrons. The maximum Gasteiger partial charge on any atom is 0.251 e. The molecular weight excluding hydrogens is 536 g/mol. The zero-order valence-corrected chi connectivity index (χ0v) is 25.2. The van der Waals surface area contributed by atoms with Gasteiger partial charge in [-0.15, -0.1) is 0 Å². The van der Waals surface area contributed by atoms with E-state index in [0.29, 0.717) is 23.8 Å². The Hall–Kier alpha value is -3.18. The molecule has 4 rings (SSSR count). The minimum atomic E-state index is -0.934. The summed E-state index contributed by atoms with van der Waals surface area (Å²) in [6.07, 6.45) is 5.68. The number of hydrogen-bond donors (Lipinski definition) is 4. The molecule has 0 spiro atoms. The summed E-state index contributed by atoms with van der Waals surface area (Å²) in [5.41, 5.74) is 9.46. The highest BCUT2D eigenvalue weighted by Gasteiger charge is 2.48. The molecule has 1 heterocycles. The van der Waals surface area contributed by atoms with E-state index in [1.54, 1.807) is 14.0 Å². The lowest BCUT2D eigenvalue weighted by Crippen LogP contribution is -2.47. The number of methoxy groups -OCH3 is 1. The number of para-hydroxylation sites is 1. The molecule has 10 heteroatoms. The number of nitrogens with two attached hydrogens (primary N) is 1. The molecule has 0 radical (unpaired) electrons. The predicted molar refractivity (Wildman–Crippen MR) is 162 cm³/mol. The highest BCUT2D eigenvalue weighted by atomic mass is 16.7. The predicted octanol–water partition coefficient (Wildman–Crippen LogP) is 3.09. The van der Waals surface area contributed by atoms with E-state index in [4.69, 9.17) is 15.3 Å². The van der Waals surface area contributed by atoms with Crippen LogP contribution in [0.3, 0.4) is 0 Å². The van der Waals surface area contributed by atoms with Crippen LogP contribution in [0.2, 0.25) is 0 Å². The lowest BCUT2D eigenvalue weighted by atomic mass is 9.87. The smallest absolute Gasteiger partial charge is 0.251 e. The summed E-state index contributed by atoms with van der Waals surface area (Å²) in [6.45, 7) is 1.98. The second-order valence-electron chi connectivity index (χ2n) is 11.8. The molecule has 1 saturated carbocycles. The van der Waals surface area contributed by atoms with E-state index in [0.717, 1.165) is 28.8 Å². The molecule has 2 aromatic rings. The van der Waals surface area contributed by atoms with Crippen molar-refractivity contribution < 1.29 is 29.4 Å². The first-order valence-corrected chi connectivity index (χ1v) is 14.9. The largest absolute Gasteiger partial charge is 0.496 e. The molecule has 2 aliphatic rings. The van der Waals surface area contributed by atoms with E-state index in [-0.39, 0.29) is 19.1 Å². The first-order chi connectivity index (χ1) is 20.1. The lowest BCUT2D eigenvalue weighted by molar-refractivity contribution is -0.181. The molecule has 10 nitrogen and oxygen atoms in total. The molecule has 1 aliphatic heterocycles. The lowest BCUT2D eigenvalue weighted by Gasteiger charge is -2.25. The fraction of sp³-hybridized carbons (Fsp3) is 0.562. The number of primary amides is 1. The molecule has 4 atom stereocenters. The Bertz CT molecular complexity index is 1230. The Morgan fingerprint density at radius 3 is 2.55 bits per heavy atom. The molecule has 0 aromatic heterocycles. The summed E-state index contributed by atoms with van der Waals surface area (Å²) in [5, 5.41) is 24.7. The number of hydrogen-bond acceptors (Lipinski definition) is 8. The number of ether oxygens (including phenoxy) is 1. The van der Waals surface area contributed by atoms with Crippen molar-refractivity contribution in [2.45, 2.75) is 70.2 Å². The number of nitrogens with zero attached hydrogens (tertiary/aromatic N) is 2. The van der Waals surface area contributed by atoms with Crippen LogP contribution in [0.5, 0.6) is 5.75 Å². The third-order valence-corrected chi connectivity index (χ3v) is 8.60. The van der Waals surface area contributed by atoms with Crippen molar-refractivity contribution in [2.24, 2.45) is 17.6 Å². The number of anilines is 1. The molecule has 1 saturated heterocycles. The fourth-order valence-corrected chi connectivity index (χ4v) is 6.37. The number of hydroxylamine groups is 2. The third kappa shape index (κ3) is 7.23. The van der Waals surface area contributed by atoms with Crippen LogP contribution in [-0.4, -0.2) is 79.7 Å². The summed E-state index contributed by atoms with van der Waals surface area (Å²) in [6, 6.07) is 10.5. The van der Waals surface area contributed by atoms with Gasteiger partial charge in [-0.25, -0.2) is 0 Å². The van der Waals surface area contributed by atoms with Gasteiger partial charge in [-0.05, 0) is 43.0 Å². The van der Waals surface area contributed by atoms with Gasteiger partial charge in [-0.3, -0.25) is 14.4 Å². The topological polar surface area (TPSA) is 138 Å². The second-order valence-corrected chi connectivity index (χ2v) is 11.8. The van der Waals surface area contributed by atoms with Crippen LogP contribution in [0.25, 0.3) is 11.1 Å². The Labute approximate surface area is 248 Å². The van der Waals surface area contributed by atoms with Crippen LogP contribution >= 0.6 is 0 Å². The maximum atomic E-state index is 13.3. The van der Waals surface area contributed by atoms with Gasteiger partial charge in [-0.1, -0.05) is 50.3 Å². The number of carbonyl (C=O) groups is 2. The van der Waals surface area contributed by atoms with E-state index in [1.165, 1.54) is 37.2 Å². The molecule has 1 aliphatic carbocycles. The van der Waals surface area contributed by atoms with Gasteiger partial charge in [0.2, 0.25) is 5.91 Å². The molecular formula is C32H46N4O6. The summed E-state index contributed by atoms with van der Waals surface area (Å²) in [5.74, 6) is -0.195. The fourth-order valence-electron chi connectivity index (χ4n) is 6.37. The molecule has 2 fully saturated rings. The Morgan fingerprint density at radius 1 is 1.19 bits per heavy atom. The van der Waals surface area contributed by atoms with Crippen molar-refractivity contribution in [3.63, 3.8) is 0 Å². The van der Waals surface area contributed by atoms with Gasteiger partial charge in [0, 0.05) is 48.9 Å². The third-order valence-electron chi connectivity index (χ3n) is 8.60. The van der Waals surface area contributed by atoms with E-state index in [9.17, 15) is 19.8 Å². The van der Waals surface area contributed by atoms with Gasteiger partial charge in [0.15, 0.2) is 0 Å². The molecule has 2 amide bonds. The minimum absolute atomic E-state index is 0.111. The molecule has 42 heavy (non-hydrogen) atoms. The number of amides is 2. The number of aliphatic hydroxyl groups is 2. The Balaban J connectivity index is 1.61. The van der Waals surface area contributed by atoms with Crippen LogP contribution < -0.4 is 20.7 Å². The van der Waals surface area contributed by atoms with Crippen LogP contribution in [0.1, 0.15) is 61.4 Å². The quantitative estimate of drug-likeness (QED) is 0.300. The van der Waals surface area contributed by atoms with E-state index >= 15 is 0 Å². The van der Waals surface area contributed by atoms with E-state index < -0.39 is 30.1 Å². The van der Waals surface area contributed by atoms with Gasteiger partial charge < -0.3 is 30.9 Å². The van der Waals surface area contributed by atoms with Crippen molar-refractivity contribution in [3.8, 4) is 16.9 Å². The first kappa shape index (κ1) is 31.7. The summed E-state index contributed by atoms with van der Waals surface area (Å²) < 4.78 is 5.89. The van der Waals surface area contributed by atoms with Gasteiger partial charge in [0.1, 0.15) is 17.9 Å². The van der Waals surface area contributed by atoms with Crippen molar-refractivity contribution in [1.29, 1.82) is 0 Å². The first-order valence-electron chi connectivity index (χ1n) is 14.9. The number of carbonyl (C=O) groups excluding carboxylic acids is 2. The van der Waals surface area contributed by atoms with E-state index in [1.807, 2.05) is 55.4 Å². The summed E-state index contributed by atoms with van der Waals surface area (Å²) in [7, 11) is 5.44. The molecule has 2 aromatic carbocycles. The van der Waals surface area contributed by atoms with Crippen molar-refractivity contribution in [3.05, 3.63) is 47.5 Å². The number of rotatable bonds is 12. The number of benzene rings is 2. The van der Waals surface area contributed by atoms with Gasteiger partial charge in [0.25, 0.3) is 5.91 Å². The minimum Gasteiger partial charge on any atom is -0.496 e. The van der Waals surface area contributed by atoms with Gasteiger partial charge >= 0.3 is 0 Å². The van der Waals surface area contributed by atoms with Crippen LogP contribution in [-0.2, 0) is 16.2 Å². The molecule has 0 unspecified atom stereocenters. The van der Waals surface area contributed by atoms with Crippen LogP contribution in [0.4, 0.5) is 5.69 Å². The highest BCUT2D eigenvalue weighted by molar-refractivity contribution is 5.97. The zero-order chi connectivity index (χ0) is 30.4. The van der Waals surface area contributed by atoms with Gasteiger partial charge in [0.05, 0.1) is 26.4 Å². The van der Waals surface area contributed by atoms with Crippen LogP contribution in [0.15, 0.2) is 36.4 Å².